The molecule has 8 nitrogen and oxygen atoms in total. The molecule has 2 fully saturated rings. The number of carbonyl (C=O) groups excluding carboxylic acids is 3. The number of rotatable bonds is 6. The summed E-state index contributed by atoms with van der Waals surface area (Å²) in [6.07, 6.45) is 0. The number of amides is 2. The normalized spacial score (nSPS) is 26.3. The highest BCUT2D eigenvalue weighted by atomic mass is 16.5. The number of nitrogens with zero attached hydrogens (tertiary/aromatic N) is 2. The fourth-order valence-electron chi connectivity index (χ4n) is 4.86. The number of ether oxygens (including phenoxy) is 2. The zero-order valence-electron chi connectivity index (χ0n) is 19.5. The number of esters is 1. The summed E-state index contributed by atoms with van der Waals surface area (Å²) in [5.74, 6) is -2.29. The van der Waals surface area contributed by atoms with E-state index in [0.717, 1.165) is 11.3 Å². The Morgan fingerprint density at radius 1 is 1.06 bits per heavy atom. The van der Waals surface area contributed by atoms with Crippen LogP contribution in [0.2, 0.25) is 0 Å². The van der Waals surface area contributed by atoms with Gasteiger partial charge in [0.05, 0.1) is 31.2 Å². The molecule has 2 aromatic rings. The third-order valence-corrected chi connectivity index (χ3v) is 6.59. The van der Waals surface area contributed by atoms with Gasteiger partial charge < -0.3 is 14.4 Å². The molecule has 2 aromatic carbocycles. The van der Waals surface area contributed by atoms with Gasteiger partial charge in [0.15, 0.2) is 0 Å². The fraction of sp³-hybridized carbons (Fsp3) is 0.400. The summed E-state index contributed by atoms with van der Waals surface area (Å²) in [6, 6.07) is 14.0. The van der Waals surface area contributed by atoms with Crippen molar-refractivity contribution in [2.24, 2.45) is 11.8 Å². The third kappa shape index (κ3) is 3.64. The van der Waals surface area contributed by atoms with Crippen molar-refractivity contribution in [1.29, 1.82) is 0 Å². The van der Waals surface area contributed by atoms with E-state index < -0.39 is 35.3 Å². The van der Waals surface area contributed by atoms with Gasteiger partial charge in [-0.3, -0.25) is 19.7 Å². The summed E-state index contributed by atoms with van der Waals surface area (Å²) in [5.41, 5.74) is 0.962. The predicted octanol–water partition coefficient (Wildman–Crippen LogP) is 2.53. The molecule has 33 heavy (non-hydrogen) atoms. The van der Waals surface area contributed by atoms with E-state index in [1.165, 1.54) is 4.90 Å². The smallest absolute Gasteiger partial charge is 0.326 e. The van der Waals surface area contributed by atoms with Crippen molar-refractivity contribution in [2.75, 3.05) is 37.6 Å². The molecule has 2 aliphatic heterocycles. The fourth-order valence-corrected chi connectivity index (χ4v) is 4.86. The lowest BCUT2D eigenvalue weighted by Gasteiger charge is -2.29. The van der Waals surface area contributed by atoms with Crippen molar-refractivity contribution in [3.8, 4) is 5.75 Å². The molecule has 2 saturated heterocycles. The molecule has 0 bridgehead atoms. The van der Waals surface area contributed by atoms with E-state index in [-0.39, 0.29) is 12.5 Å². The number of imide groups is 1. The number of carbonyl (C=O) groups is 3. The third-order valence-electron chi connectivity index (χ3n) is 6.59. The average Bonchev–Trinajstić information content (AvgIpc) is 3.27. The molecular formula is C25H29N3O5. The van der Waals surface area contributed by atoms with Crippen LogP contribution in [-0.4, -0.2) is 51.1 Å². The number of methoxy groups -OCH3 is 1. The minimum absolute atomic E-state index is 0.181. The lowest BCUT2D eigenvalue weighted by molar-refractivity contribution is -0.153. The largest absolute Gasteiger partial charge is 0.497 e. The summed E-state index contributed by atoms with van der Waals surface area (Å²) in [6.45, 7) is 3.55. The molecule has 1 N–H and O–H groups in total. The number of anilines is 2. The number of nitrogens with one attached hydrogen (secondary N) is 1. The maximum Gasteiger partial charge on any atom is 0.326 e. The van der Waals surface area contributed by atoms with Crippen LogP contribution >= 0.6 is 0 Å². The Hall–Kier alpha value is -3.39. The van der Waals surface area contributed by atoms with Crippen molar-refractivity contribution in [3.63, 3.8) is 0 Å². The first-order valence-electron chi connectivity index (χ1n) is 11.0. The van der Waals surface area contributed by atoms with Crippen LogP contribution in [0, 0.1) is 11.8 Å². The van der Waals surface area contributed by atoms with Crippen LogP contribution in [0.25, 0.3) is 0 Å². The van der Waals surface area contributed by atoms with Crippen molar-refractivity contribution in [3.05, 3.63) is 54.1 Å². The van der Waals surface area contributed by atoms with Gasteiger partial charge in [0.1, 0.15) is 11.3 Å². The monoisotopic (exact) mass is 451 g/mol. The molecule has 2 amide bonds. The topological polar surface area (TPSA) is 88.2 Å². The van der Waals surface area contributed by atoms with Crippen LogP contribution in [0.4, 0.5) is 11.4 Å². The van der Waals surface area contributed by atoms with Crippen LogP contribution in [0.15, 0.2) is 48.5 Å². The first-order valence-corrected chi connectivity index (χ1v) is 11.0. The van der Waals surface area contributed by atoms with Gasteiger partial charge in [-0.05, 0) is 55.8 Å². The minimum atomic E-state index is -1.33. The maximum absolute atomic E-state index is 13.7. The Labute approximate surface area is 193 Å². The van der Waals surface area contributed by atoms with Gasteiger partial charge in [0.2, 0.25) is 11.8 Å². The molecule has 4 rings (SSSR count). The first-order chi connectivity index (χ1) is 15.7. The standard InChI is InChI=1S/C25H29N3O5/c1-6-33-24(31)25(2)20-19(21(26-25)15-7-9-16(10-8-15)27(3)4)22(29)28(23(20)30)17-11-13-18(32-5)14-12-17/h7-14,19-21,26H,6H2,1-5H3/t19-,20-,21-,25-/m0/s1. The lowest BCUT2D eigenvalue weighted by Crippen LogP contribution is -2.54. The summed E-state index contributed by atoms with van der Waals surface area (Å²) >= 11 is 0. The Balaban J connectivity index is 1.77. The number of hydrogen-bond acceptors (Lipinski definition) is 7. The SMILES string of the molecule is CCOC(=O)[C@@]1(C)N[C@@H](c2ccc(N(C)C)cc2)[C@H]2C(=O)N(c3ccc(OC)cc3)C(=O)[C@H]21. The summed E-state index contributed by atoms with van der Waals surface area (Å²) in [5, 5.41) is 3.29. The molecule has 0 unspecified atom stereocenters. The molecular weight excluding hydrogens is 422 g/mol. The summed E-state index contributed by atoms with van der Waals surface area (Å²) in [7, 11) is 5.44. The number of hydrogen-bond donors (Lipinski definition) is 1. The van der Waals surface area contributed by atoms with E-state index in [9.17, 15) is 14.4 Å². The van der Waals surface area contributed by atoms with Gasteiger partial charge in [-0.1, -0.05) is 12.1 Å². The van der Waals surface area contributed by atoms with Gasteiger partial charge in [0, 0.05) is 25.8 Å². The van der Waals surface area contributed by atoms with Crippen LogP contribution in [0.5, 0.6) is 5.75 Å². The predicted molar refractivity (Wildman–Crippen MR) is 124 cm³/mol. The quantitative estimate of drug-likeness (QED) is 0.533. The van der Waals surface area contributed by atoms with Gasteiger partial charge in [-0.2, -0.15) is 0 Å². The molecule has 4 atom stereocenters. The lowest BCUT2D eigenvalue weighted by atomic mass is 9.80. The van der Waals surface area contributed by atoms with E-state index >= 15 is 0 Å². The molecule has 0 aliphatic carbocycles. The van der Waals surface area contributed by atoms with E-state index in [0.29, 0.717) is 11.4 Å². The second-order valence-corrected chi connectivity index (χ2v) is 8.74. The van der Waals surface area contributed by atoms with E-state index in [4.69, 9.17) is 9.47 Å². The second-order valence-electron chi connectivity index (χ2n) is 8.74. The van der Waals surface area contributed by atoms with Crippen molar-refractivity contribution in [2.45, 2.75) is 25.4 Å². The molecule has 0 radical (unpaired) electrons. The molecule has 2 heterocycles. The van der Waals surface area contributed by atoms with Gasteiger partial charge >= 0.3 is 5.97 Å². The highest BCUT2D eigenvalue weighted by Crippen LogP contribution is 2.50. The highest BCUT2D eigenvalue weighted by molar-refractivity contribution is 6.24. The second kappa shape index (κ2) is 8.51. The minimum Gasteiger partial charge on any atom is -0.497 e. The van der Waals surface area contributed by atoms with Crippen molar-refractivity contribution in [1.82, 2.24) is 5.32 Å². The zero-order chi connectivity index (χ0) is 23.9. The van der Waals surface area contributed by atoms with Gasteiger partial charge in [-0.15, -0.1) is 0 Å². The van der Waals surface area contributed by atoms with Crippen molar-refractivity contribution < 1.29 is 23.9 Å². The molecule has 0 spiro atoms. The maximum atomic E-state index is 13.7. The summed E-state index contributed by atoms with van der Waals surface area (Å²) in [4.78, 5) is 43.5. The van der Waals surface area contributed by atoms with Crippen LogP contribution in [0.3, 0.4) is 0 Å². The molecule has 8 heteroatoms. The average molecular weight is 452 g/mol. The number of fused-ring (bicyclic) bond motifs is 1. The number of benzene rings is 2. The Bertz CT molecular complexity index is 1070. The van der Waals surface area contributed by atoms with Crippen LogP contribution < -0.4 is 19.9 Å². The van der Waals surface area contributed by atoms with Crippen LogP contribution in [0.1, 0.15) is 25.5 Å². The van der Waals surface area contributed by atoms with E-state index in [1.54, 1.807) is 45.2 Å². The van der Waals surface area contributed by atoms with Gasteiger partial charge in [0.25, 0.3) is 0 Å². The van der Waals surface area contributed by atoms with E-state index in [2.05, 4.69) is 5.32 Å². The molecule has 2 aliphatic rings. The van der Waals surface area contributed by atoms with Crippen molar-refractivity contribution >= 4 is 29.2 Å². The zero-order valence-corrected chi connectivity index (χ0v) is 19.5. The Kier molecular flexibility index (Phi) is 5.88. The highest BCUT2D eigenvalue weighted by Gasteiger charge is 2.67. The van der Waals surface area contributed by atoms with Crippen LogP contribution in [-0.2, 0) is 19.1 Å². The summed E-state index contributed by atoms with van der Waals surface area (Å²) < 4.78 is 10.5. The molecule has 0 saturated carbocycles. The van der Waals surface area contributed by atoms with Gasteiger partial charge in [-0.25, -0.2) is 4.90 Å². The molecule has 174 valence electrons. The van der Waals surface area contributed by atoms with E-state index in [1.807, 2.05) is 43.3 Å². The Morgan fingerprint density at radius 3 is 2.24 bits per heavy atom. The first kappa shape index (κ1) is 22.8. The Morgan fingerprint density at radius 2 is 1.70 bits per heavy atom. The molecule has 0 aromatic heterocycles.